The van der Waals surface area contributed by atoms with Crippen molar-refractivity contribution in [2.75, 3.05) is 26.2 Å². The van der Waals surface area contributed by atoms with Gasteiger partial charge in [0.05, 0.1) is 5.56 Å². The monoisotopic (exact) mass is 262 g/mol. The molecule has 0 unspecified atom stereocenters. The molecule has 19 heavy (non-hydrogen) atoms. The summed E-state index contributed by atoms with van der Waals surface area (Å²) in [5.74, 6) is 0.561. The molecule has 1 aliphatic heterocycles. The normalized spacial score (nSPS) is 16.3. The largest absolute Gasteiger partial charge is 0.507 e. The third-order valence-electron chi connectivity index (χ3n) is 3.74. The predicted octanol–water partition coefficient (Wildman–Crippen LogP) is 1.85. The van der Waals surface area contributed by atoms with Crippen molar-refractivity contribution in [1.29, 1.82) is 0 Å². The molecule has 0 saturated carbocycles. The van der Waals surface area contributed by atoms with Gasteiger partial charge in [-0.15, -0.1) is 0 Å². The van der Waals surface area contributed by atoms with Crippen LogP contribution in [0.1, 0.15) is 30.1 Å². The summed E-state index contributed by atoms with van der Waals surface area (Å²) >= 11 is 0. The number of amides is 1. The average molecular weight is 262 g/mol. The number of phenolic OH excluding ortho intramolecular Hbond substituents is 1. The Hall–Kier alpha value is -1.55. The predicted molar refractivity (Wildman–Crippen MR) is 75.3 cm³/mol. The van der Waals surface area contributed by atoms with Gasteiger partial charge < -0.3 is 15.3 Å². The van der Waals surface area contributed by atoms with Crippen molar-refractivity contribution in [2.24, 2.45) is 5.92 Å². The molecule has 1 fully saturated rings. The fourth-order valence-electron chi connectivity index (χ4n) is 2.56. The maximum absolute atomic E-state index is 12.4. The lowest BCUT2D eigenvalue weighted by molar-refractivity contribution is 0.0724. The SMILES string of the molecule is CCN(CC1CCNCC1)C(=O)c1ccccc1O. The molecule has 1 saturated heterocycles. The number of hydrogen-bond donors (Lipinski definition) is 2. The van der Waals surface area contributed by atoms with Gasteiger partial charge in [-0.25, -0.2) is 0 Å². The quantitative estimate of drug-likeness (QED) is 0.870. The highest BCUT2D eigenvalue weighted by atomic mass is 16.3. The van der Waals surface area contributed by atoms with Crippen molar-refractivity contribution in [3.63, 3.8) is 0 Å². The molecule has 2 rings (SSSR count). The highest BCUT2D eigenvalue weighted by Gasteiger charge is 2.22. The van der Waals surface area contributed by atoms with Gasteiger partial charge in [0.2, 0.25) is 0 Å². The van der Waals surface area contributed by atoms with Crippen molar-refractivity contribution in [3.8, 4) is 5.75 Å². The Labute approximate surface area is 114 Å². The van der Waals surface area contributed by atoms with Gasteiger partial charge >= 0.3 is 0 Å². The van der Waals surface area contributed by atoms with Crippen LogP contribution in [0.25, 0.3) is 0 Å². The lowest BCUT2D eigenvalue weighted by Gasteiger charge is -2.29. The number of piperidine rings is 1. The zero-order chi connectivity index (χ0) is 13.7. The second-order valence-corrected chi connectivity index (χ2v) is 5.05. The first-order chi connectivity index (χ1) is 9.22. The molecule has 4 nitrogen and oxygen atoms in total. The average Bonchev–Trinajstić information content (AvgIpc) is 2.46. The van der Waals surface area contributed by atoms with Gasteiger partial charge in [-0.05, 0) is 50.9 Å². The molecular formula is C15H22N2O2. The van der Waals surface area contributed by atoms with Crippen LogP contribution in [0, 0.1) is 5.92 Å². The zero-order valence-corrected chi connectivity index (χ0v) is 11.4. The van der Waals surface area contributed by atoms with Crippen LogP contribution in [0.3, 0.4) is 0 Å². The number of carbonyl (C=O) groups is 1. The molecule has 1 heterocycles. The summed E-state index contributed by atoms with van der Waals surface area (Å²) in [5, 5.41) is 13.1. The Morgan fingerprint density at radius 2 is 2.05 bits per heavy atom. The smallest absolute Gasteiger partial charge is 0.257 e. The second-order valence-electron chi connectivity index (χ2n) is 5.05. The maximum Gasteiger partial charge on any atom is 0.257 e. The van der Waals surface area contributed by atoms with Crippen LogP contribution in [-0.4, -0.2) is 42.1 Å². The third kappa shape index (κ3) is 3.47. The van der Waals surface area contributed by atoms with Crippen molar-refractivity contribution >= 4 is 5.91 Å². The summed E-state index contributed by atoms with van der Waals surface area (Å²) in [6.07, 6.45) is 2.23. The van der Waals surface area contributed by atoms with Crippen molar-refractivity contribution in [2.45, 2.75) is 19.8 Å². The van der Waals surface area contributed by atoms with Gasteiger partial charge in [0.15, 0.2) is 0 Å². The van der Waals surface area contributed by atoms with E-state index < -0.39 is 0 Å². The fraction of sp³-hybridized carbons (Fsp3) is 0.533. The molecule has 1 aliphatic rings. The topological polar surface area (TPSA) is 52.6 Å². The Kier molecular flexibility index (Phi) is 4.80. The molecule has 4 heteroatoms. The third-order valence-corrected chi connectivity index (χ3v) is 3.74. The van der Waals surface area contributed by atoms with Gasteiger partial charge in [-0.2, -0.15) is 0 Å². The van der Waals surface area contributed by atoms with E-state index in [1.165, 1.54) is 0 Å². The molecule has 2 N–H and O–H groups in total. The van der Waals surface area contributed by atoms with Gasteiger partial charge in [-0.3, -0.25) is 4.79 Å². The number of benzene rings is 1. The van der Waals surface area contributed by atoms with Crippen molar-refractivity contribution in [1.82, 2.24) is 10.2 Å². The van der Waals surface area contributed by atoms with Crippen molar-refractivity contribution in [3.05, 3.63) is 29.8 Å². The number of aromatic hydroxyl groups is 1. The van der Waals surface area contributed by atoms with E-state index in [0.717, 1.165) is 32.5 Å². The van der Waals surface area contributed by atoms with Crippen LogP contribution in [0.15, 0.2) is 24.3 Å². The molecular weight excluding hydrogens is 240 g/mol. The van der Waals surface area contributed by atoms with E-state index in [2.05, 4.69) is 5.32 Å². The summed E-state index contributed by atoms with van der Waals surface area (Å²) in [4.78, 5) is 14.3. The fourth-order valence-corrected chi connectivity index (χ4v) is 2.56. The van der Waals surface area contributed by atoms with Crippen LogP contribution in [0.2, 0.25) is 0 Å². The van der Waals surface area contributed by atoms with Gasteiger partial charge in [0.25, 0.3) is 5.91 Å². The van der Waals surface area contributed by atoms with Crippen LogP contribution in [0.4, 0.5) is 0 Å². The maximum atomic E-state index is 12.4. The number of nitrogens with zero attached hydrogens (tertiary/aromatic N) is 1. The number of para-hydroxylation sites is 1. The van der Waals surface area contributed by atoms with Gasteiger partial charge in [-0.1, -0.05) is 12.1 Å². The molecule has 0 bridgehead atoms. The number of rotatable bonds is 4. The summed E-state index contributed by atoms with van der Waals surface area (Å²) in [5.41, 5.74) is 0.401. The number of nitrogens with one attached hydrogen (secondary N) is 1. The van der Waals surface area contributed by atoms with Crippen LogP contribution >= 0.6 is 0 Å². The lowest BCUT2D eigenvalue weighted by atomic mass is 9.97. The zero-order valence-electron chi connectivity index (χ0n) is 11.4. The van der Waals surface area contributed by atoms with E-state index in [0.29, 0.717) is 18.0 Å². The van der Waals surface area contributed by atoms with E-state index in [1.807, 2.05) is 11.8 Å². The molecule has 1 aromatic carbocycles. The number of carbonyl (C=O) groups excluding carboxylic acids is 1. The van der Waals surface area contributed by atoms with E-state index in [9.17, 15) is 9.90 Å². The standard InChI is InChI=1S/C15H22N2O2/c1-2-17(11-12-7-9-16-10-8-12)15(19)13-5-3-4-6-14(13)18/h3-6,12,16,18H,2,7-11H2,1H3. The minimum absolute atomic E-state index is 0.0660. The summed E-state index contributed by atoms with van der Waals surface area (Å²) in [6.45, 7) is 5.52. The molecule has 0 spiro atoms. The van der Waals surface area contributed by atoms with Gasteiger partial charge in [0.1, 0.15) is 5.75 Å². The van der Waals surface area contributed by atoms with Crippen molar-refractivity contribution < 1.29 is 9.90 Å². The highest BCUT2D eigenvalue weighted by molar-refractivity contribution is 5.96. The minimum Gasteiger partial charge on any atom is -0.507 e. The Bertz CT molecular complexity index is 428. The van der Waals surface area contributed by atoms with E-state index in [1.54, 1.807) is 24.3 Å². The Morgan fingerprint density at radius 3 is 2.68 bits per heavy atom. The Morgan fingerprint density at radius 1 is 1.37 bits per heavy atom. The summed E-state index contributed by atoms with van der Waals surface area (Å²) in [6, 6.07) is 6.76. The summed E-state index contributed by atoms with van der Waals surface area (Å²) < 4.78 is 0. The molecule has 104 valence electrons. The highest BCUT2D eigenvalue weighted by Crippen LogP contribution is 2.20. The first-order valence-corrected chi connectivity index (χ1v) is 7.00. The van der Waals surface area contributed by atoms with E-state index in [4.69, 9.17) is 0 Å². The molecule has 0 radical (unpaired) electrons. The van der Waals surface area contributed by atoms with Crippen LogP contribution < -0.4 is 5.32 Å². The first kappa shape index (κ1) is 13.9. The second kappa shape index (κ2) is 6.57. The number of phenols is 1. The molecule has 1 amide bonds. The van der Waals surface area contributed by atoms with E-state index in [-0.39, 0.29) is 11.7 Å². The lowest BCUT2D eigenvalue weighted by Crippen LogP contribution is -2.39. The van der Waals surface area contributed by atoms with Crippen LogP contribution in [0.5, 0.6) is 5.75 Å². The van der Waals surface area contributed by atoms with E-state index >= 15 is 0 Å². The first-order valence-electron chi connectivity index (χ1n) is 7.00. The minimum atomic E-state index is -0.0702. The van der Waals surface area contributed by atoms with Crippen LogP contribution in [-0.2, 0) is 0 Å². The molecule has 0 aliphatic carbocycles. The number of hydrogen-bond acceptors (Lipinski definition) is 3. The molecule has 1 aromatic rings. The Balaban J connectivity index is 2.04. The van der Waals surface area contributed by atoms with Gasteiger partial charge in [0, 0.05) is 13.1 Å². The molecule has 0 aromatic heterocycles. The summed E-state index contributed by atoms with van der Waals surface area (Å²) in [7, 11) is 0. The molecule has 0 atom stereocenters.